The van der Waals surface area contributed by atoms with Gasteiger partial charge in [0.1, 0.15) is 0 Å². The van der Waals surface area contributed by atoms with Crippen LogP contribution in [-0.4, -0.2) is 22.7 Å². The number of anilines is 1. The van der Waals surface area contributed by atoms with Crippen LogP contribution >= 0.6 is 0 Å². The van der Waals surface area contributed by atoms with E-state index in [-0.39, 0.29) is 16.7 Å². The first-order chi connectivity index (χ1) is 9.88. The Hall–Kier alpha value is -1.08. The third-order valence-electron chi connectivity index (χ3n) is 3.46. The van der Waals surface area contributed by atoms with Crippen LogP contribution in [-0.2, 0) is 21.7 Å². The Morgan fingerprint density at radius 1 is 1.38 bits per heavy atom. The summed E-state index contributed by atoms with van der Waals surface area (Å²) in [6.45, 7) is 0.777. The van der Waals surface area contributed by atoms with Gasteiger partial charge in [0.15, 0.2) is 0 Å². The zero-order valence-electron chi connectivity index (χ0n) is 11.5. The summed E-state index contributed by atoms with van der Waals surface area (Å²) in [4.78, 5) is 0.273. The van der Waals surface area contributed by atoms with Crippen LogP contribution in [0.15, 0.2) is 23.1 Å². The molecule has 1 aromatic rings. The monoisotopic (exact) mass is 321 g/mol. The van der Waals surface area contributed by atoms with Gasteiger partial charge in [0, 0.05) is 18.0 Å². The van der Waals surface area contributed by atoms with Crippen LogP contribution in [0, 0.1) is 0 Å². The summed E-state index contributed by atoms with van der Waals surface area (Å²) in [7, 11) is -1.38. The molecule has 3 nitrogen and oxygen atoms in total. The summed E-state index contributed by atoms with van der Waals surface area (Å²) >= 11 is 0. The number of halogens is 3. The summed E-state index contributed by atoms with van der Waals surface area (Å²) in [5, 5.41) is 0. The second-order valence-corrected chi connectivity index (χ2v) is 6.62. The molecular formula is C14H18F3NO2S. The molecule has 0 amide bonds. The van der Waals surface area contributed by atoms with E-state index in [1.807, 2.05) is 0 Å². The van der Waals surface area contributed by atoms with Gasteiger partial charge >= 0.3 is 6.18 Å². The molecule has 1 aromatic carbocycles. The largest absolute Gasteiger partial charge is 0.416 e. The van der Waals surface area contributed by atoms with Gasteiger partial charge < -0.3 is 10.5 Å². The van der Waals surface area contributed by atoms with Crippen LogP contribution in [0.2, 0.25) is 0 Å². The van der Waals surface area contributed by atoms with Crippen molar-refractivity contribution in [3.8, 4) is 0 Å². The molecule has 1 aliphatic heterocycles. The third-order valence-corrected chi connectivity index (χ3v) is 4.98. The predicted octanol–water partition coefficient (Wildman–Crippen LogP) is 3.35. The Bertz CT molecular complexity index is 513. The average Bonchev–Trinajstić information content (AvgIpc) is 2.90. The van der Waals surface area contributed by atoms with Crippen molar-refractivity contribution < 1.29 is 22.1 Å². The molecule has 2 atom stereocenters. The van der Waals surface area contributed by atoms with Gasteiger partial charge in [-0.05, 0) is 43.9 Å². The van der Waals surface area contributed by atoms with Gasteiger partial charge in [0.2, 0.25) is 0 Å². The summed E-state index contributed by atoms with van der Waals surface area (Å²) in [6, 6.07) is 2.97. The van der Waals surface area contributed by atoms with Crippen LogP contribution in [0.25, 0.3) is 0 Å². The van der Waals surface area contributed by atoms with Crippen molar-refractivity contribution in [2.45, 2.75) is 42.9 Å². The molecule has 0 bridgehead atoms. The fourth-order valence-corrected chi connectivity index (χ4v) is 3.55. The topological polar surface area (TPSA) is 52.3 Å². The summed E-state index contributed by atoms with van der Waals surface area (Å²) in [5.41, 5.74) is 4.71. The minimum atomic E-state index is -4.44. The van der Waals surface area contributed by atoms with E-state index in [0.29, 0.717) is 12.2 Å². The Labute approximate surface area is 124 Å². The normalized spacial score (nSPS) is 20.6. The molecule has 0 radical (unpaired) electrons. The lowest BCUT2D eigenvalue weighted by molar-refractivity contribution is -0.137. The number of nitrogen functional groups attached to an aromatic ring is 1. The summed E-state index contributed by atoms with van der Waals surface area (Å²) in [6.07, 6.45) is -0.598. The standard InChI is InChI=1S/C14H18F3NO2S/c15-14(16,17)10-5-6-13(12(18)9-10)21(19)8-2-4-11-3-1-7-20-11/h5-6,9,11H,1-4,7-8,18H2. The maximum Gasteiger partial charge on any atom is 0.416 e. The number of benzene rings is 1. The molecule has 7 heteroatoms. The third kappa shape index (κ3) is 4.44. The molecule has 1 fully saturated rings. The zero-order chi connectivity index (χ0) is 15.5. The minimum absolute atomic E-state index is 0.0692. The predicted molar refractivity (Wildman–Crippen MR) is 75.3 cm³/mol. The van der Waals surface area contributed by atoms with E-state index in [0.717, 1.165) is 38.0 Å². The lowest BCUT2D eigenvalue weighted by Gasteiger charge is -2.11. The lowest BCUT2D eigenvalue weighted by Crippen LogP contribution is -2.10. The van der Waals surface area contributed by atoms with Crippen LogP contribution < -0.4 is 5.73 Å². The number of hydrogen-bond donors (Lipinski definition) is 1. The molecule has 118 valence electrons. The summed E-state index contributed by atoms with van der Waals surface area (Å²) < 4.78 is 55.2. The Kier molecular flexibility index (Phi) is 5.27. The molecule has 2 unspecified atom stereocenters. The first kappa shape index (κ1) is 16.3. The molecule has 1 saturated heterocycles. The van der Waals surface area contributed by atoms with Crippen LogP contribution in [0.1, 0.15) is 31.2 Å². The van der Waals surface area contributed by atoms with Crippen molar-refractivity contribution in [1.82, 2.24) is 0 Å². The number of nitrogens with two attached hydrogens (primary N) is 1. The zero-order valence-corrected chi connectivity index (χ0v) is 12.3. The second-order valence-electron chi connectivity index (χ2n) is 5.08. The van der Waals surface area contributed by atoms with Crippen molar-refractivity contribution in [3.05, 3.63) is 23.8 Å². The van der Waals surface area contributed by atoms with E-state index in [1.165, 1.54) is 6.07 Å². The van der Waals surface area contributed by atoms with Crippen molar-refractivity contribution in [3.63, 3.8) is 0 Å². The van der Waals surface area contributed by atoms with E-state index in [9.17, 15) is 17.4 Å². The van der Waals surface area contributed by atoms with Crippen molar-refractivity contribution in [1.29, 1.82) is 0 Å². The van der Waals surface area contributed by atoms with E-state index < -0.39 is 22.5 Å². The van der Waals surface area contributed by atoms with E-state index >= 15 is 0 Å². The Morgan fingerprint density at radius 2 is 2.14 bits per heavy atom. The highest BCUT2D eigenvalue weighted by Crippen LogP contribution is 2.32. The smallest absolute Gasteiger partial charge is 0.398 e. The van der Waals surface area contributed by atoms with E-state index in [2.05, 4.69) is 0 Å². The first-order valence-corrected chi connectivity index (χ1v) is 8.16. The number of ether oxygens (including phenoxy) is 1. The SMILES string of the molecule is Nc1cc(C(F)(F)F)ccc1S(=O)CCCC1CCCO1. The van der Waals surface area contributed by atoms with Gasteiger partial charge in [0.25, 0.3) is 0 Å². The number of alkyl halides is 3. The molecule has 0 aromatic heterocycles. The molecule has 1 aliphatic rings. The van der Waals surface area contributed by atoms with Crippen LogP contribution in [0.5, 0.6) is 0 Å². The van der Waals surface area contributed by atoms with Crippen molar-refractivity contribution >= 4 is 16.5 Å². The van der Waals surface area contributed by atoms with Gasteiger partial charge in [0.05, 0.1) is 27.4 Å². The highest BCUT2D eigenvalue weighted by Gasteiger charge is 2.31. The van der Waals surface area contributed by atoms with Gasteiger partial charge in [-0.25, -0.2) is 0 Å². The quantitative estimate of drug-likeness (QED) is 0.846. The highest BCUT2D eigenvalue weighted by molar-refractivity contribution is 7.85. The van der Waals surface area contributed by atoms with Crippen molar-refractivity contribution in [2.75, 3.05) is 18.1 Å². The molecule has 0 spiro atoms. The second kappa shape index (κ2) is 6.79. The highest BCUT2D eigenvalue weighted by atomic mass is 32.2. The summed E-state index contributed by atoms with van der Waals surface area (Å²) in [5.74, 6) is 0.384. The minimum Gasteiger partial charge on any atom is -0.398 e. The fourth-order valence-electron chi connectivity index (χ4n) is 2.36. The molecule has 0 aliphatic carbocycles. The Morgan fingerprint density at radius 3 is 2.71 bits per heavy atom. The van der Waals surface area contributed by atoms with Crippen LogP contribution in [0.3, 0.4) is 0 Å². The number of rotatable bonds is 5. The van der Waals surface area contributed by atoms with E-state index in [1.54, 1.807) is 0 Å². The van der Waals surface area contributed by atoms with Crippen LogP contribution in [0.4, 0.5) is 18.9 Å². The molecule has 0 saturated carbocycles. The van der Waals surface area contributed by atoms with Gasteiger partial charge in [-0.1, -0.05) is 0 Å². The van der Waals surface area contributed by atoms with Gasteiger partial charge in [-0.3, -0.25) is 4.21 Å². The van der Waals surface area contributed by atoms with Crippen molar-refractivity contribution in [2.24, 2.45) is 0 Å². The molecule has 21 heavy (non-hydrogen) atoms. The maximum absolute atomic E-state index is 12.5. The maximum atomic E-state index is 12.5. The molecule has 1 heterocycles. The molecule has 2 N–H and O–H groups in total. The average molecular weight is 321 g/mol. The molecular weight excluding hydrogens is 303 g/mol. The lowest BCUT2D eigenvalue weighted by atomic mass is 10.1. The Balaban J connectivity index is 1.92. The van der Waals surface area contributed by atoms with Gasteiger partial charge in [-0.2, -0.15) is 13.2 Å². The molecule has 2 rings (SSSR count). The first-order valence-electron chi connectivity index (χ1n) is 6.84. The fraction of sp³-hybridized carbons (Fsp3) is 0.571. The number of hydrogen-bond acceptors (Lipinski definition) is 3. The van der Waals surface area contributed by atoms with E-state index in [4.69, 9.17) is 10.5 Å². The van der Waals surface area contributed by atoms with Gasteiger partial charge in [-0.15, -0.1) is 0 Å².